The molecule has 0 atom stereocenters. The summed E-state index contributed by atoms with van der Waals surface area (Å²) in [4.78, 5) is 0. The van der Waals surface area contributed by atoms with Crippen molar-refractivity contribution in [1.82, 2.24) is 5.32 Å². The Balaban J connectivity index is 1.99. The normalized spacial score (nSPS) is 10.8. The van der Waals surface area contributed by atoms with Crippen LogP contribution in [0.4, 0.5) is 4.39 Å². The fourth-order valence-electron chi connectivity index (χ4n) is 2.14. The highest BCUT2D eigenvalue weighted by atomic mass is 35.5. The smallest absolute Gasteiger partial charge is 0.129 e. The van der Waals surface area contributed by atoms with Crippen LogP contribution in [-0.2, 0) is 13.1 Å². The molecule has 0 spiro atoms. The summed E-state index contributed by atoms with van der Waals surface area (Å²) in [7, 11) is 0. The molecule has 0 aliphatic carbocycles. The highest BCUT2D eigenvalue weighted by molar-refractivity contribution is 6.35. The van der Waals surface area contributed by atoms with Gasteiger partial charge in [-0.3, -0.25) is 0 Å². The minimum Gasteiger partial charge on any atom is -0.309 e. The number of rotatable bonds is 4. The molecule has 4 heteroatoms. The van der Waals surface area contributed by atoms with Gasteiger partial charge in [-0.2, -0.15) is 0 Å². The lowest BCUT2D eigenvalue weighted by molar-refractivity contribution is 0.606. The Morgan fingerprint density at radius 1 is 1.00 bits per heavy atom. The van der Waals surface area contributed by atoms with Crippen LogP contribution in [0.3, 0.4) is 0 Å². The maximum absolute atomic E-state index is 13.5. The number of hydrogen-bond donors (Lipinski definition) is 1. The molecule has 0 fully saturated rings. The highest BCUT2D eigenvalue weighted by Gasteiger charge is 2.05. The summed E-state index contributed by atoms with van der Waals surface area (Å²) in [5.41, 5.74) is 3.40. The van der Waals surface area contributed by atoms with Crippen molar-refractivity contribution in [3.63, 3.8) is 0 Å². The quantitative estimate of drug-likeness (QED) is 0.834. The lowest BCUT2D eigenvalue weighted by atomic mass is 10.1. The summed E-state index contributed by atoms with van der Waals surface area (Å²) in [5.74, 6) is -0.130. The van der Waals surface area contributed by atoms with Gasteiger partial charge in [-0.05, 0) is 48.2 Å². The number of aryl methyl sites for hydroxylation is 2. The van der Waals surface area contributed by atoms with Gasteiger partial charge in [0.25, 0.3) is 0 Å². The molecule has 0 heterocycles. The van der Waals surface area contributed by atoms with E-state index in [1.54, 1.807) is 19.9 Å². The van der Waals surface area contributed by atoms with Crippen molar-refractivity contribution in [3.8, 4) is 0 Å². The first kappa shape index (κ1) is 15.3. The molecule has 0 bridgehead atoms. The van der Waals surface area contributed by atoms with Crippen molar-refractivity contribution in [2.45, 2.75) is 26.9 Å². The maximum atomic E-state index is 13.5. The second-order valence-electron chi connectivity index (χ2n) is 4.88. The zero-order valence-corrected chi connectivity index (χ0v) is 12.9. The summed E-state index contributed by atoms with van der Waals surface area (Å²) in [5, 5.41) is 4.58. The monoisotopic (exact) mass is 311 g/mol. The van der Waals surface area contributed by atoms with Crippen molar-refractivity contribution < 1.29 is 4.39 Å². The molecule has 1 N–H and O–H groups in total. The third-order valence-corrected chi connectivity index (χ3v) is 3.74. The zero-order valence-electron chi connectivity index (χ0n) is 11.4. The van der Waals surface area contributed by atoms with E-state index in [0.717, 1.165) is 11.1 Å². The minimum absolute atomic E-state index is 0.130. The SMILES string of the molecule is Cc1cc(CNCc2ccc(Cl)cc2Cl)cc(C)c1F. The zero-order chi connectivity index (χ0) is 14.7. The van der Waals surface area contributed by atoms with E-state index in [1.165, 1.54) is 0 Å². The van der Waals surface area contributed by atoms with Crippen molar-refractivity contribution in [2.24, 2.45) is 0 Å². The maximum Gasteiger partial charge on any atom is 0.129 e. The van der Waals surface area contributed by atoms with Gasteiger partial charge in [0.05, 0.1) is 0 Å². The molecule has 2 aromatic carbocycles. The summed E-state index contributed by atoms with van der Waals surface area (Å²) in [6, 6.07) is 9.17. The predicted molar refractivity (Wildman–Crippen MR) is 82.9 cm³/mol. The first-order valence-electron chi connectivity index (χ1n) is 6.37. The molecule has 0 saturated carbocycles. The Kier molecular flexibility index (Phi) is 5.03. The Hall–Kier alpha value is -1.09. The van der Waals surface area contributed by atoms with Crippen LogP contribution in [0.15, 0.2) is 30.3 Å². The number of halogens is 3. The second kappa shape index (κ2) is 6.57. The van der Waals surface area contributed by atoms with Crippen molar-refractivity contribution >= 4 is 23.2 Å². The lowest BCUT2D eigenvalue weighted by Gasteiger charge is -2.09. The van der Waals surface area contributed by atoms with Crippen LogP contribution in [0.2, 0.25) is 10.0 Å². The molecule has 0 aromatic heterocycles. The summed E-state index contributed by atoms with van der Waals surface area (Å²) in [6.45, 7) is 4.87. The predicted octanol–water partition coefficient (Wildman–Crippen LogP) is 5.04. The average Bonchev–Trinajstić information content (AvgIpc) is 2.38. The summed E-state index contributed by atoms with van der Waals surface area (Å²) >= 11 is 12.0. The molecule has 0 saturated heterocycles. The van der Waals surface area contributed by atoms with E-state index in [9.17, 15) is 4.39 Å². The first-order valence-corrected chi connectivity index (χ1v) is 7.13. The van der Waals surface area contributed by atoms with Gasteiger partial charge in [0, 0.05) is 23.1 Å². The van der Waals surface area contributed by atoms with E-state index in [2.05, 4.69) is 5.32 Å². The van der Waals surface area contributed by atoms with E-state index >= 15 is 0 Å². The van der Waals surface area contributed by atoms with Gasteiger partial charge in [-0.25, -0.2) is 4.39 Å². The third kappa shape index (κ3) is 3.72. The van der Waals surface area contributed by atoms with Gasteiger partial charge in [-0.1, -0.05) is 41.4 Å². The van der Waals surface area contributed by atoms with Crippen LogP contribution < -0.4 is 5.32 Å². The van der Waals surface area contributed by atoms with Crippen LogP contribution in [0, 0.1) is 19.7 Å². The summed E-state index contributed by atoms with van der Waals surface area (Å²) < 4.78 is 13.5. The van der Waals surface area contributed by atoms with Crippen molar-refractivity contribution in [2.75, 3.05) is 0 Å². The van der Waals surface area contributed by atoms with E-state index in [-0.39, 0.29) is 5.82 Å². The molecule has 20 heavy (non-hydrogen) atoms. The molecular weight excluding hydrogens is 296 g/mol. The standard InChI is InChI=1S/C16H16Cl2FN/c1-10-5-12(6-11(2)16(10)19)8-20-9-13-3-4-14(17)7-15(13)18/h3-7,20H,8-9H2,1-2H3. The second-order valence-corrected chi connectivity index (χ2v) is 5.73. The molecule has 0 aliphatic rings. The van der Waals surface area contributed by atoms with E-state index in [4.69, 9.17) is 23.2 Å². The number of benzene rings is 2. The Morgan fingerprint density at radius 3 is 2.25 bits per heavy atom. The van der Waals surface area contributed by atoms with Gasteiger partial charge in [-0.15, -0.1) is 0 Å². The molecule has 0 amide bonds. The molecule has 1 nitrogen and oxygen atoms in total. The lowest BCUT2D eigenvalue weighted by Crippen LogP contribution is -2.13. The Morgan fingerprint density at radius 2 is 1.65 bits per heavy atom. The van der Waals surface area contributed by atoms with Gasteiger partial charge < -0.3 is 5.32 Å². The molecular formula is C16H16Cl2FN. The summed E-state index contributed by atoms with van der Waals surface area (Å²) in [6.07, 6.45) is 0. The molecule has 0 radical (unpaired) electrons. The largest absolute Gasteiger partial charge is 0.309 e. The molecule has 0 unspecified atom stereocenters. The molecule has 106 valence electrons. The van der Waals surface area contributed by atoms with Gasteiger partial charge >= 0.3 is 0 Å². The molecule has 0 aliphatic heterocycles. The van der Waals surface area contributed by atoms with E-state index < -0.39 is 0 Å². The fourth-order valence-corrected chi connectivity index (χ4v) is 2.62. The first-order chi connectivity index (χ1) is 9.47. The van der Waals surface area contributed by atoms with E-state index in [0.29, 0.717) is 34.3 Å². The van der Waals surface area contributed by atoms with Crippen LogP contribution in [-0.4, -0.2) is 0 Å². The van der Waals surface area contributed by atoms with E-state index in [1.807, 2.05) is 24.3 Å². The highest BCUT2D eigenvalue weighted by Crippen LogP contribution is 2.21. The Labute approximate surface area is 128 Å². The fraction of sp³-hybridized carbons (Fsp3) is 0.250. The van der Waals surface area contributed by atoms with Gasteiger partial charge in [0.2, 0.25) is 0 Å². The molecule has 2 aromatic rings. The van der Waals surface area contributed by atoms with Gasteiger partial charge in [0.15, 0.2) is 0 Å². The minimum atomic E-state index is -0.130. The average molecular weight is 312 g/mol. The van der Waals surface area contributed by atoms with Crippen molar-refractivity contribution in [3.05, 3.63) is 68.4 Å². The van der Waals surface area contributed by atoms with Crippen LogP contribution in [0.5, 0.6) is 0 Å². The van der Waals surface area contributed by atoms with Crippen LogP contribution in [0.25, 0.3) is 0 Å². The molecule has 2 rings (SSSR count). The van der Waals surface area contributed by atoms with Crippen molar-refractivity contribution in [1.29, 1.82) is 0 Å². The number of nitrogens with one attached hydrogen (secondary N) is 1. The third-order valence-electron chi connectivity index (χ3n) is 3.16. The Bertz CT molecular complexity index is 603. The van der Waals surface area contributed by atoms with Gasteiger partial charge in [0.1, 0.15) is 5.82 Å². The number of hydrogen-bond acceptors (Lipinski definition) is 1. The topological polar surface area (TPSA) is 12.0 Å². The van der Waals surface area contributed by atoms with Crippen LogP contribution in [0.1, 0.15) is 22.3 Å². The van der Waals surface area contributed by atoms with Crippen LogP contribution >= 0.6 is 23.2 Å².